The molecule has 1 aromatic heterocycles. The highest BCUT2D eigenvalue weighted by Gasteiger charge is 2.36. The molecule has 2 fully saturated rings. The molecule has 1 aliphatic carbocycles. The highest BCUT2D eigenvalue weighted by molar-refractivity contribution is 5.83. The maximum atomic E-state index is 12.3. The first-order valence-electron chi connectivity index (χ1n) is 7.47. The quantitative estimate of drug-likeness (QED) is 0.814. The average molecular weight is 292 g/mol. The molecule has 2 atom stereocenters. The van der Waals surface area contributed by atoms with Crippen LogP contribution < -0.4 is 5.32 Å². The summed E-state index contributed by atoms with van der Waals surface area (Å²) in [5.41, 5.74) is 0. The van der Waals surface area contributed by atoms with Gasteiger partial charge in [-0.1, -0.05) is 5.21 Å². The van der Waals surface area contributed by atoms with Crippen LogP contribution in [0.1, 0.15) is 44.5 Å². The number of tetrazole rings is 1. The number of nitrogens with zero attached hydrogens (tertiary/aromatic N) is 4. The molecule has 1 saturated carbocycles. The summed E-state index contributed by atoms with van der Waals surface area (Å²) in [6.45, 7) is 3.12. The van der Waals surface area contributed by atoms with Crippen molar-refractivity contribution in [1.82, 2.24) is 30.8 Å². The van der Waals surface area contributed by atoms with Crippen molar-refractivity contribution in [1.29, 1.82) is 0 Å². The van der Waals surface area contributed by atoms with E-state index in [1.165, 1.54) is 0 Å². The van der Waals surface area contributed by atoms with Crippen LogP contribution in [0.15, 0.2) is 0 Å². The maximum Gasteiger partial charge on any atom is 0.225 e. The lowest BCUT2D eigenvalue weighted by atomic mass is 9.96. The monoisotopic (exact) mass is 292 g/mol. The average Bonchev–Trinajstić information content (AvgIpc) is 3.20. The molecule has 0 spiro atoms. The van der Waals surface area contributed by atoms with Crippen molar-refractivity contribution < 1.29 is 9.59 Å². The van der Waals surface area contributed by atoms with E-state index in [-0.39, 0.29) is 29.7 Å². The van der Waals surface area contributed by atoms with Gasteiger partial charge in [0.1, 0.15) is 0 Å². The van der Waals surface area contributed by atoms with Crippen LogP contribution >= 0.6 is 0 Å². The van der Waals surface area contributed by atoms with Crippen molar-refractivity contribution in [3.63, 3.8) is 0 Å². The van der Waals surface area contributed by atoms with Gasteiger partial charge in [0.15, 0.2) is 5.82 Å². The molecule has 3 rings (SSSR count). The maximum absolute atomic E-state index is 12.3. The smallest absolute Gasteiger partial charge is 0.225 e. The van der Waals surface area contributed by atoms with E-state index < -0.39 is 0 Å². The number of carbonyl (C=O) groups is 2. The number of aromatic nitrogens is 4. The highest BCUT2D eigenvalue weighted by atomic mass is 16.2. The minimum absolute atomic E-state index is 0.0411. The molecule has 2 amide bonds. The summed E-state index contributed by atoms with van der Waals surface area (Å²) in [7, 11) is 0. The zero-order chi connectivity index (χ0) is 14.8. The number of H-pyrrole nitrogens is 1. The van der Waals surface area contributed by atoms with Crippen LogP contribution in [0.25, 0.3) is 0 Å². The second-order valence-electron chi connectivity index (χ2n) is 5.90. The van der Waals surface area contributed by atoms with E-state index in [0.717, 1.165) is 32.2 Å². The van der Waals surface area contributed by atoms with Crippen LogP contribution in [-0.4, -0.2) is 50.4 Å². The number of carbonyl (C=O) groups excluding carboxylic acids is 2. The van der Waals surface area contributed by atoms with E-state index in [4.69, 9.17) is 0 Å². The van der Waals surface area contributed by atoms with Crippen molar-refractivity contribution in [3.05, 3.63) is 5.82 Å². The second kappa shape index (κ2) is 5.79. The third-order valence-corrected chi connectivity index (χ3v) is 4.14. The van der Waals surface area contributed by atoms with Crippen molar-refractivity contribution in [2.75, 3.05) is 13.1 Å². The predicted octanol–water partition coefficient (Wildman–Crippen LogP) is 0.0255. The predicted molar refractivity (Wildman–Crippen MR) is 72.8 cm³/mol. The molecule has 2 N–H and O–H groups in total. The Morgan fingerprint density at radius 3 is 2.81 bits per heavy atom. The molecule has 114 valence electrons. The Bertz CT molecular complexity index is 513. The summed E-state index contributed by atoms with van der Waals surface area (Å²) in [6.07, 6.45) is 3.70. The van der Waals surface area contributed by atoms with Crippen LogP contribution in [-0.2, 0) is 9.59 Å². The number of likely N-dealkylation sites (tertiary alicyclic amines) is 1. The van der Waals surface area contributed by atoms with Gasteiger partial charge in [-0.2, -0.15) is 5.21 Å². The second-order valence-corrected chi connectivity index (χ2v) is 5.90. The molecular formula is C13H20N6O2. The summed E-state index contributed by atoms with van der Waals surface area (Å²) in [6, 6.07) is -0.286. The number of amides is 2. The van der Waals surface area contributed by atoms with Gasteiger partial charge in [0.25, 0.3) is 0 Å². The minimum atomic E-state index is -0.286. The van der Waals surface area contributed by atoms with Gasteiger partial charge in [0, 0.05) is 19.0 Å². The lowest BCUT2D eigenvalue weighted by Crippen LogP contribution is -2.46. The summed E-state index contributed by atoms with van der Waals surface area (Å²) in [5.74, 6) is 0.713. The first kappa shape index (κ1) is 14.0. The van der Waals surface area contributed by atoms with Gasteiger partial charge in [0.05, 0.1) is 12.0 Å². The zero-order valence-electron chi connectivity index (χ0n) is 12.1. The van der Waals surface area contributed by atoms with E-state index in [1.807, 2.05) is 11.8 Å². The number of aromatic amines is 1. The lowest BCUT2D eigenvalue weighted by molar-refractivity contribution is -0.137. The molecule has 1 aromatic rings. The van der Waals surface area contributed by atoms with E-state index in [0.29, 0.717) is 12.4 Å². The van der Waals surface area contributed by atoms with Gasteiger partial charge in [-0.25, -0.2) is 0 Å². The summed E-state index contributed by atoms with van der Waals surface area (Å²) in [4.78, 5) is 26.3. The Kier molecular flexibility index (Phi) is 3.85. The van der Waals surface area contributed by atoms with Crippen molar-refractivity contribution in [2.45, 2.75) is 38.6 Å². The van der Waals surface area contributed by atoms with Crippen molar-refractivity contribution >= 4 is 11.8 Å². The van der Waals surface area contributed by atoms with Crippen LogP contribution in [0.5, 0.6) is 0 Å². The third-order valence-electron chi connectivity index (χ3n) is 4.14. The molecule has 0 radical (unpaired) electrons. The normalized spacial score (nSPS) is 23.7. The van der Waals surface area contributed by atoms with Gasteiger partial charge in [-0.15, -0.1) is 10.2 Å². The lowest BCUT2D eigenvalue weighted by Gasteiger charge is -2.32. The Balaban J connectivity index is 1.55. The zero-order valence-corrected chi connectivity index (χ0v) is 12.1. The summed E-state index contributed by atoms with van der Waals surface area (Å²) < 4.78 is 0. The molecular weight excluding hydrogens is 272 g/mol. The van der Waals surface area contributed by atoms with Crippen LogP contribution in [0.2, 0.25) is 0 Å². The molecule has 2 heterocycles. The fourth-order valence-corrected chi connectivity index (χ4v) is 2.73. The molecule has 1 saturated heterocycles. The summed E-state index contributed by atoms with van der Waals surface area (Å²) in [5, 5.41) is 16.5. The van der Waals surface area contributed by atoms with E-state index >= 15 is 0 Å². The van der Waals surface area contributed by atoms with E-state index in [9.17, 15) is 9.59 Å². The van der Waals surface area contributed by atoms with Gasteiger partial charge in [0.2, 0.25) is 11.8 Å². The molecule has 21 heavy (non-hydrogen) atoms. The standard InChI is InChI=1S/C13H20N6O2/c1-8(11-15-17-18-16-11)14-12(20)10-3-2-6-19(7-10)13(21)9-4-5-9/h8-10H,2-7H2,1H3,(H,14,20)(H,15,16,17,18). The fourth-order valence-electron chi connectivity index (χ4n) is 2.73. The van der Waals surface area contributed by atoms with Gasteiger partial charge in [-0.3, -0.25) is 9.59 Å². The number of hydrogen-bond donors (Lipinski definition) is 2. The molecule has 2 aliphatic rings. The van der Waals surface area contributed by atoms with Crippen molar-refractivity contribution in [3.8, 4) is 0 Å². The van der Waals surface area contributed by atoms with E-state index in [1.54, 1.807) is 0 Å². The minimum Gasteiger partial charge on any atom is -0.346 e. The van der Waals surface area contributed by atoms with Crippen LogP contribution in [0.4, 0.5) is 0 Å². The van der Waals surface area contributed by atoms with Crippen LogP contribution in [0.3, 0.4) is 0 Å². The fraction of sp³-hybridized carbons (Fsp3) is 0.769. The van der Waals surface area contributed by atoms with Gasteiger partial charge in [-0.05, 0) is 32.6 Å². The SMILES string of the molecule is CC(NC(=O)C1CCCN(C(=O)C2CC2)C1)c1nn[nH]n1. The third kappa shape index (κ3) is 3.20. The Labute approximate surface area is 122 Å². The molecule has 0 aromatic carbocycles. The molecule has 1 aliphatic heterocycles. The first-order valence-corrected chi connectivity index (χ1v) is 7.47. The van der Waals surface area contributed by atoms with Crippen molar-refractivity contribution in [2.24, 2.45) is 11.8 Å². The van der Waals surface area contributed by atoms with Gasteiger partial charge < -0.3 is 10.2 Å². The first-order chi connectivity index (χ1) is 10.1. The number of hydrogen-bond acceptors (Lipinski definition) is 5. The Morgan fingerprint density at radius 2 is 2.14 bits per heavy atom. The molecule has 2 unspecified atom stereocenters. The summed E-state index contributed by atoms with van der Waals surface area (Å²) >= 11 is 0. The topological polar surface area (TPSA) is 104 Å². The largest absolute Gasteiger partial charge is 0.346 e. The van der Waals surface area contributed by atoms with Crippen LogP contribution in [0, 0.1) is 11.8 Å². The number of nitrogens with one attached hydrogen (secondary N) is 2. The Hall–Kier alpha value is -1.99. The molecule has 0 bridgehead atoms. The Morgan fingerprint density at radius 1 is 1.33 bits per heavy atom. The molecule has 8 nitrogen and oxygen atoms in total. The number of piperidine rings is 1. The number of rotatable bonds is 4. The van der Waals surface area contributed by atoms with Gasteiger partial charge >= 0.3 is 0 Å². The highest BCUT2D eigenvalue weighted by Crippen LogP contribution is 2.32. The van der Waals surface area contributed by atoms with E-state index in [2.05, 4.69) is 25.9 Å². The molecule has 8 heteroatoms.